The van der Waals surface area contributed by atoms with Crippen molar-refractivity contribution in [1.82, 2.24) is 5.32 Å². The molecule has 0 aromatic rings. The standard InChI is InChI=1S/C15H29NO/c1-3-11-16-13-12-14(17-4-2)15(13)9-7-5-6-8-10-15/h13-14,16H,3-12H2,1-2H3. The Bertz CT molecular complexity index is 221. The second-order valence-electron chi connectivity index (χ2n) is 5.83. The van der Waals surface area contributed by atoms with Crippen LogP contribution in [0.25, 0.3) is 0 Å². The first-order valence-corrected chi connectivity index (χ1v) is 7.68. The van der Waals surface area contributed by atoms with Crippen molar-refractivity contribution in [2.45, 2.75) is 77.4 Å². The highest BCUT2D eigenvalue weighted by atomic mass is 16.5. The molecular formula is C15H29NO. The Hall–Kier alpha value is -0.0800. The van der Waals surface area contributed by atoms with E-state index in [0.717, 1.165) is 12.6 Å². The molecule has 2 rings (SSSR count). The predicted octanol–water partition coefficient (Wildman–Crippen LogP) is 3.50. The lowest BCUT2D eigenvalue weighted by Gasteiger charge is -2.56. The highest BCUT2D eigenvalue weighted by Gasteiger charge is 2.54. The van der Waals surface area contributed by atoms with Crippen molar-refractivity contribution < 1.29 is 4.74 Å². The second kappa shape index (κ2) is 6.19. The van der Waals surface area contributed by atoms with Gasteiger partial charge in [0.15, 0.2) is 0 Å². The minimum atomic E-state index is 0.488. The Kier molecular flexibility index (Phi) is 4.87. The van der Waals surface area contributed by atoms with Crippen molar-refractivity contribution in [2.24, 2.45) is 5.41 Å². The van der Waals surface area contributed by atoms with E-state index in [9.17, 15) is 0 Å². The predicted molar refractivity (Wildman–Crippen MR) is 72.2 cm³/mol. The lowest BCUT2D eigenvalue weighted by atomic mass is 9.57. The minimum Gasteiger partial charge on any atom is -0.378 e. The molecule has 0 aromatic carbocycles. The highest BCUT2D eigenvalue weighted by molar-refractivity contribution is 5.08. The van der Waals surface area contributed by atoms with Crippen LogP contribution in [0, 0.1) is 5.41 Å². The number of hydrogen-bond acceptors (Lipinski definition) is 2. The van der Waals surface area contributed by atoms with Crippen molar-refractivity contribution in [1.29, 1.82) is 0 Å². The molecule has 2 aliphatic carbocycles. The maximum absolute atomic E-state index is 6.00. The van der Waals surface area contributed by atoms with Gasteiger partial charge in [0.05, 0.1) is 6.10 Å². The van der Waals surface area contributed by atoms with Gasteiger partial charge >= 0.3 is 0 Å². The minimum absolute atomic E-state index is 0.488. The molecule has 1 N–H and O–H groups in total. The average Bonchev–Trinajstić information content (AvgIpc) is 2.60. The fourth-order valence-corrected chi connectivity index (χ4v) is 3.84. The van der Waals surface area contributed by atoms with Gasteiger partial charge in [0, 0.05) is 18.1 Å². The number of rotatable bonds is 5. The Morgan fingerprint density at radius 1 is 1.12 bits per heavy atom. The van der Waals surface area contributed by atoms with Crippen LogP contribution in [-0.2, 0) is 4.74 Å². The third-order valence-corrected chi connectivity index (χ3v) is 4.83. The molecule has 2 aliphatic rings. The summed E-state index contributed by atoms with van der Waals surface area (Å²) in [6.07, 6.45) is 11.5. The largest absolute Gasteiger partial charge is 0.378 e. The van der Waals surface area contributed by atoms with Crippen LogP contribution in [0.4, 0.5) is 0 Å². The lowest BCUT2D eigenvalue weighted by Crippen LogP contribution is -2.63. The molecule has 0 aliphatic heterocycles. The van der Waals surface area contributed by atoms with E-state index in [2.05, 4.69) is 19.2 Å². The van der Waals surface area contributed by atoms with Gasteiger partial charge in [-0.15, -0.1) is 0 Å². The third-order valence-electron chi connectivity index (χ3n) is 4.83. The van der Waals surface area contributed by atoms with Crippen LogP contribution in [0.3, 0.4) is 0 Å². The molecule has 0 heterocycles. The van der Waals surface area contributed by atoms with Crippen LogP contribution in [0.5, 0.6) is 0 Å². The maximum Gasteiger partial charge on any atom is 0.0661 e. The van der Waals surface area contributed by atoms with Crippen LogP contribution in [-0.4, -0.2) is 25.3 Å². The van der Waals surface area contributed by atoms with Gasteiger partial charge in [-0.25, -0.2) is 0 Å². The van der Waals surface area contributed by atoms with Crippen LogP contribution in [0.2, 0.25) is 0 Å². The van der Waals surface area contributed by atoms with Crippen molar-refractivity contribution >= 4 is 0 Å². The number of hydrogen-bond donors (Lipinski definition) is 1. The summed E-state index contributed by atoms with van der Waals surface area (Å²) >= 11 is 0. The molecule has 2 fully saturated rings. The van der Waals surface area contributed by atoms with Crippen LogP contribution < -0.4 is 5.32 Å². The topological polar surface area (TPSA) is 21.3 Å². The molecule has 2 unspecified atom stereocenters. The van der Waals surface area contributed by atoms with E-state index in [1.54, 1.807) is 0 Å². The molecule has 100 valence electrons. The molecule has 0 radical (unpaired) electrons. The normalized spacial score (nSPS) is 32.1. The molecule has 2 nitrogen and oxygen atoms in total. The zero-order valence-electron chi connectivity index (χ0n) is 11.6. The summed E-state index contributed by atoms with van der Waals surface area (Å²) in [4.78, 5) is 0. The SMILES string of the molecule is CCCNC1CC(OCC)C12CCCCCC2. The number of ether oxygens (including phenoxy) is 1. The molecule has 2 heteroatoms. The molecular weight excluding hydrogens is 210 g/mol. The van der Waals surface area contributed by atoms with Crippen LogP contribution in [0.15, 0.2) is 0 Å². The second-order valence-corrected chi connectivity index (χ2v) is 5.83. The Balaban J connectivity index is 1.98. The van der Waals surface area contributed by atoms with E-state index in [4.69, 9.17) is 4.74 Å². The lowest BCUT2D eigenvalue weighted by molar-refractivity contribution is -0.140. The average molecular weight is 239 g/mol. The Morgan fingerprint density at radius 2 is 1.82 bits per heavy atom. The first-order valence-electron chi connectivity index (χ1n) is 7.68. The van der Waals surface area contributed by atoms with E-state index >= 15 is 0 Å². The molecule has 2 saturated carbocycles. The first kappa shape index (κ1) is 13.4. The van der Waals surface area contributed by atoms with Crippen molar-refractivity contribution in [2.75, 3.05) is 13.2 Å². The van der Waals surface area contributed by atoms with E-state index < -0.39 is 0 Å². The van der Waals surface area contributed by atoms with Crippen LogP contribution >= 0.6 is 0 Å². The summed E-state index contributed by atoms with van der Waals surface area (Å²) in [5.74, 6) is 0. The van der Waals surface area contributed by atoms with Crippen molar-refractivity contribution in [3.8, 4) is 0 Å². The summed E-state index contributed by atoms with van der Waals surface area (Å²) in [7, 11) is 0. The summed E-state index contributed by atoms with van der Waals surface area (Å²) < 4.78 is 6.00. The van der Waals surface area contributed by atoms with E-state index in [-0.39, 0.29) is 0 Å². The van der Waals surface area contributed by atoms with Gasteiger partial charge in [-0.2, -0.15) is 0 Å². The fraction of sp³-hybridized carbons (Fsp3) is 1.00. The summed E-state index contributed by atoms with van der Waals surface area (Å²) in [6.45, 7) is 6.45. The first-order chi connectivity index (χ1) is 8.33. The molecule has 17 heavy (non-hydrogen) atoms. The molecule has 0 saturated heterocycles. The van der Waals surface area contributed by atoms with Gasteiger partial charge in [-0.3, -0.25) is 0 Å². The van der Waals surface area contributed by atoms with Crippen molar-refractivity contribution in [3.63, 3.8) is 0 Å². The highest BCUT2D eigenvalue weighted by Crippen LogP contribution is 2.52. The van der Waals surface area contributed by atoms with Gasteiger partial charge in [0.2, 0.25) is 0 Å². The van der Waals surface area contributed by atoms with Gasteiger partial charge in [-0.05, 0) is 39.2 Å². The van der Waals surface area contributed by atoms with Gasteiger partial charge < -0.3 is 10.1 Å². The van der Waals surface area contributed by atoms with Gasteiger partial charge in [0.25, 0.3) is 0 Å². The Labute approximate surface area is 107 Å². The molecule has 0 amide bonds. The monoisotopic (exact) mass is 239 g/mol. The summed E-state index contributed by atoms with van der Waals surface area (Å²) in [5, 5.41) is 3.77. The smallest absolute Gasteiger partial charge is 0.0661 e. The zero-order valence-corrected chi connectivity index (χ0v) is 11.6. The quantitative estimate of drug-likeness (QED) is 0.793. The van der Waals surface area contributed by atoms with Gasteiger partial charge in [-0.1, -0.05) is 32.6 Å². The van der Waals surface area contributed by atoms with Crippen molar-refractivity contribution in [3.05, 3.63) is 0 Å². The van der Waals surface area contributed by atoms with E-state index in [1.807, 2.05) is 0 Å². The third kappa shape index (κ3) is 2.68. The summed E-state index contributed by atoms with van der Waals surface area (Å²) in [6, 6.07) is 0.733. The molecule has 1 spiro atoms. The zero-order chi connectivity index (χ0) is 12.1. The molecule has 0 aromatic heterocycles. The molecule has 0 bridgehead atoms. The van der Waals surface area contributed by atoms with E-state index in [0.29, 0.717) is 11.5 Å². The van der Waals surface area contributed by atoms with E-state index in [1.165, 1.54) is 57.9 Å². The van der Waals surface area contributed by atoms with Crippen LogP contribution in [0.1, 0.15) is 65.2 Å². The maximum atomic E-state index is 6.00. The van der Waals surface area contributed by atoms with Gasteiger partial charge in [0.1, 0.15) is 0 Å². The number of nitrogens with one attached hydrogen (secondary N) is 1. The fourth-order valence-electron chi connectivity index (χ4n) is 3.84. The Morgan fingerprint density at radius 3 is 2.41 bits per heavy atom. The molecule has 2 atom stereocenters. The summed E-state index contributed by atoms with van der Waals surface area (Å²) in [5.41, 5.74) is 0.488.